The van der Waals surface area contributed by atoms with E-state index < -0.39 is 24.2 Å². The molecule has 4 atom stereocenters. The van der Waals surface area contributed by atoms with Crippen molar-refractivity contribution in [2.75, 3.05) is 13.1 Å². The highest BCUT2D eigenvalue weighted by Gasteiger charge is 2.35. The zero-order chi connectivity index (χ0) is 22.8. The van der Waals surface area contributed by atoms with Crippen LogP contribution in [-0.4, -0.2) is 79.1 Å². The van der Waals surface area contributed by atoms with E-state index in [0.717, 1.165) is 25.8 Å². The molecular weight excluding hydrogens is 411 g/mol. The first-order valence-corrected chi connectivity index (χ1v) is 10.1. The molecule has 0 bridgehead atoms. The SMILES string of the molecule is N#C[C@@H]1C[C@H](F)CN1C(=O)CN[C@@H]1CC[C@H](Cn2cncn2)C1.O=C(O)CCC(=O)O. The highest BCUT2D eigenvalue weighted by molar-refractivity contribution is 5.79. The summed E-state index contributed by atoms with van der Waals surface area (Å²) >= 11 is 0. The first kappa shape index (κ1) is 24.2. The maximum Gasteiger partial charge on any atom is 0.303 e. The lowest BCUT2D eigenvalue weighted by Crippen LogP contribution is -2.43. The largest absolute Gasteiger partial charge is 0.481 e. The number of amides is 1. The van der Waals surface area contributed by atoms with Gasteiger partial charge in [0, 0.05) is 19.0 Å². The van der Waals surface area contributed by atoms with Gasteiger partial charge in [-0.15, -0.1) is 0 Å². The van der Waals surface area contributed by atoms with Crippen LogP contribution in [0.5, 0.6) is 0 Å². The maximum absolute atomic E-state index is 13.4. The lowest BCUT2D eigenvalue weighted by Gasteiger charge is -2.21. The van der Waals surface area contributed by atoms with Gasteiger partial charge in [0.05, 0.1) is 32.0 Å². The molecule has 3 N–H and O–H groups in total. The summed E-state index contributed by atoms with van der Waals surface area (Å²) in [6.45, 7) is 1.06. The van der Waals surface area contributed by atoms with Gasteiger partial charge in [-0.3, -0.25) is 19.1 Å². The average molecular weight is 438 g/mol. The van der Waals surface area contributed by atoms with Crippen LogP contribution in [0.2, 0.25) is 0 Å². The quantitative estimate of drug-likeness (QED) is 0.523. The Morgan fingerprint density at radius 3 is 2.48 bits per heavy atom. The van der Waals surface area contributed by atoms with Crippen LogP contribution >= 0.6 is 0 Å². The van der Waals surface area contributed by atoms with Crippen molar-refractivity contribution in [1.82, 2.24) is 25.0 Å². The van der Waals surface area contributed by atoms with E-state index in [1.165, 1.54) is 11.2 Å². The van der Waals surface area contributed by atoms with E-state index >= 15 is 0 Å². The van der Waals surface area contributed by atoms with Crippen molar-refractivity contribution in [3.63, 3.8) is 0 Å². The van der Waals surface area contributed by atoms with Gasteiger partial charge < -0.3 is 20.4 Å². The Balaban J connectivity index is 0.000000366. The van der Waals surface area contributed by atoms with Crippen molar-refractivity contribution in [3.8, 4) is 6.07 Å². The maximum atomic E-state index is 13.4. The molecule has 0 aromatic carbocycles. The molecule has 2 heterocycles. The Morgan fingerprint density at radius 1 is 1.19 bits per heavy atom. The summed E-state index contributed by atoms with van der Waals surface area (Å²) < 4.78 is 15.2. The average Bonchev–Trinajstić information content (AvgIpc) is 3.47. The number of carbonyl (C=O) groups excluding carboxylic acids is 1. The number of halogens is 1. The van der Waals surface area contributed by atoms with Crippen molar-refractivity contribution in [1.29, 1.82) is 5.26 Å². The minimum absolute atomic E-state index is 0.0400. The van der Waals surface area contributed by atoms with Gasteiger partial charge in [0.1, 0.15) is 24.9 Å². The Labute approximate surface area is 178 Å². The summed E-state index contributed by atoms with van der Waals surface area (Å²) in [5.41, 5.74) is 0. The Morgan fingerprint density at radius 2 is 1.90 bits per heavy atom. The normalized spacial score (nSPS) is 24.8. The van der Waals surface area contributed by atoms with Gasteiger partial charge >= 0.3 is 11.9 Å². The smallest absolute Gasteiger partial charge is 0.303 e. The number of nitrogens with one attached hydrogen (secondary N) is 1. The summed E-state index contributed by atoms with van der Waals surface area (Å²) in [6, 6.07) is 1.67. The predicted octanol–water partition coefficient (Wildman–Crippen LogP) is 0.435. The number of nitrogens with zero attached hydrogens (tertiary/aromatic N) is 5. The number of hydrogen-bond acceptors (Lipinski definition) is 7. The number of alkyl halides is 1. The van der Waals surface area contributed by atoms with E-state index in [1.54, 1.807) is 6.33 Å². The highest BCUT2D eigenvalue weighted by atomic mass is 19.1. The van der Waals surface area contributed by atoms with Crippen LogP contribution in [0.25, 0.3) is 0 Å². The van der Waals surface area contributed by atoms with E-state index in [1.807, 2.05) is 10.8 Å². The van der Waals surface area contributed by atoms with Crippen LogP contribution in [0.3, 0.4) is 0 Å². The Bertz CT molecular complexity index is 769. The van der Waals surface area contributed by atoms with Gasteiger partial charge in [0.15, 0.2) is 0 Å². The zero-order valence-electron chi connectivity index (χ0n) is 17.1. The summed E-state index contributed by atoms with van der Waals surface area (Å²) in [6.07, 6.45) is 4.79. The third kappa shape index (κ3) is 8.29. The van der Waals surface area contributed by atoms with Gasteiger partial charge in [-0.2, -0.15) is 10.4 Å². The molecule has 170 valence electrons. The van der Waals surface area contributed by atoms with Crippen molar-refractivity contribution in [3.05, 3.63) is 12.7 Å². The molecule has 1 aromatic rings. The first-order valence-electron chi connectivity index (χ1n) is 10.1. The topological polar surface area (TPSA) is 161 Å². The highest BCUT2D eigenvalue weighted by Crippen LogP contribution is 2.27. The molecule has 0 unspecified atom stereocenters. The van der Waals surface area contributed by atoms with E-state index in [-0.39, 0.29) is 44.3 Å². The number of likely N-dealkylation sites (tertiary alicyclic amines) is 1. The van der Waals surface area contributed by atoms with E-state index in [9.17, 15) is 18.8 Å². The molecule has 1 saturated carbocycles. The molecular formula is C19H27FN6O5. The first-order chi connectivity index (χ1) is 14.8. The second-order valence-corrected chi connectivity index (χ2v) is 7.69. The van der Waals surface area contributed by atoms with Crippen molar-refractivity contribution in [2.45, 2.75) is 63.3 Å². The molecule has 1 aliphatic carbocycles. The molecule has 1 saturated heterocycles. The van der Waals surface area contributed by atoms with Gasteiger partial charge in [-0.1, -0.05) is 0 Å². The molecule has 1 amide bonds. The predicted molar refractivity (Wildman–Crippen MR) is 104 cm³/mol. The second-order valence-electron chi connectivity index (χ2n) is 7.69. The molecule has 0 spiro atoms. The van der Waals surface area contributed by atoms with Crippen molar-refractivity contribution in [2.24, 2.45) is 5.92 Å². The van der Waals surface area contributed by atoms with Crippen LogP contribution in [0.4, 0.5) is 4.39 Å². The lowest BCUT2D eigenvalue weighted by molar-refractivity contribution is -0.143. The number of nitriles is 1. The van der Waals surface area contributed by atoms with Crippen LogP contribution < -0.4 is 5.32 Å². The summed E-state index contributed by atoms with van der Waals surface area (Å²) in [5, 5.41) is 32.2. The zero-order valence-corrected chi connectivity index (χ0v) is 17.1. The Kier molecular flexibility index (Phi) is 9.33. The number of carbonyl (C=O) groups is 3. The van der Waals surface area contributed by atoms with E-state index in [2.05, 4.69) is 15.4 Å². The number of rotatable bonds is 8. The molecule has 1 aliphatic heterocycles. The number of carboxylic acid groups (broad SMARTS) is 2. The molecule has 12 heteroatoms. The van der Waals surface area contributed by atoms with Crippen LogP contribution in [0, 0.1) is 17.2 Å². The minimum Gasteiger partial charge on any atom is -0.481 e. The van der Waals surface area contributed by atoms with Gasteiger partial charge in [-0.25, -0.2) is 9.37 Å². The number of hydrogen-bond donors (Lipinski definition) is 3. The van der Waals surface area contributed by atoms with E-state index in [4.69, 9.17) is 15.5 Å². The third-order valence-electron chi connectivity index (χ3n) is 5.27. The number of carboxylic acids is 2. The van der Waals surface area contributed by atoms with Crippen LogP contribution in [0.1, 0.15) is 38.5 Å². The second kappa shape index (κ2) is 11.9. The fourth-order valence-corrected chi connectivity index (χ4v) is 3.75. The van der Waals surface area contributed by atoms with Gasteiger partial charge in [0.25, 0.3) is 0 Å². The fraction of sp³-hybridized carbons (Fsp3) is 0.684. The molecule has 1 aromatic heterocycles. The molecule has 0 radical (unpaired) electrons. The van der Waals surface area contributed by atoms with E-state index in [0.29, 0.717) is 5.92 Å². The minimum atomic E-state index is -1.08. The number of aliphatic carboxylic acids is 2. The molecule has 11 nitrogen and oxygen atoms in total. The molecule has 2 aliphatic rings. The Hall–Kier alpha value is -3.07. The third-order valence-corrected chi connectivity index (χ3v) is 5.27. The molecule has 31 heavy (non-hydrogen) atoms. The van der Waals surface area contributed by atoms with Gasteiger partial charge in [-0.05, 0) is 25.2 Å². The molecule has 3 rings (SSSR count). The fourth-order valence-electron chi connectivity index (χ4n) is 3.75. The van der Waals surface area contributed by atoms with Gasteiger partial charge in [0.2, 0.25) is 5.91 Å². The number of aromatic nitrogens is 3. The standard InChI is InChI=1S/C15H21FN6O.C4H6O4/c16-12-4-14(5-17)22(8-12)15(23)6-19-13-2-1-11(3-13)7-21-10-18-9-20-21;5-3(6)1-2-4(7)8/h9-14,19H,1-4,6-8H2;1-2H2,(H,5,6)(H,7,8)/t11-,12-,13+,14-;/m0./s1. The van der Waals surface area contributed by atoms with Crippen LogP contribution in [0.15, 0.2) is 12.7 Å². The summed E-state index contributed by atoms with van der Waals surface area (Å²) in [5.74, 6) is -1.81. The van der Waals surface area contributed by atoms with Crippen LogP contribution in [-0.2, 0) is 20.9 Å². The summed E-state index contributed by atoms with van der Waals surface area (Å²) in [7, 11) is 0. The lowest BCUT2D eigenvalue weighted by atomic mass is 10.1. The summed E-state index contributed by atoms with van der Waals surface area (Å²) in [4.78, 5) is 36.8. The van der Waals surface area contributed by atoms with Crippen molar-refractivity contribution >= 4 is 17.8 Å². The van der Waals surface area contributed by atoms with Crippen molar-refractivity contribution < 1.29 is 29.0 Å². The monoisotopic (exact) mass is 438 g/mol. The molecule has 2 fully saturated rings.